The standard InChI is InChI=1S/C14H18O3.Na/c15-13(16)14(11-17-14)10-6-2-5-9-12-7-3-1-4-8-12;/h1,3-4,7-8H,2,5-6,9-11H2,(H,15,16);/q;+1/p-1. The van der Waals surface area contributed by atoms with E-state index in [0.717, 1.165) is 25.7 Å². The average Bonchev–Trinajstić information content (AvgIpc) is 3.11. The van der Waals surface area contributed by atoms with Gasteiger partial charge in [-0.1, -0.05) is 43.2 Å². The van der Waals surface area contributed by atoms with Gasteiger partial charge in [0.25, 0.3) is 0 Å². The van der Waals surface area contributed by atoms with Gasteiger partial charge in [0.05, 0.1) is 12.6 Å². The molecule has 2 rings (SSSR count). The molecule has 1 atom stereocenters. The summed E-state index contributed by atoms with van der Waals surface area (Å²) in [7, 11) is 0. The minimum Gasteiger partial charge on any atom is -0.547 e. The van der Waals surface area contributed by atoms with Crippen LogP contribution in [0, 0.1) is 0 Å². The van der Waals surface area contributed by atoms with E-state index in [-0.39, 0.29) is 29.6 Å². The monoisotopic (exact) mass is 256 g/mol. The molecule has 3 nitrogen and oxygen atoms in total. The summed E-state index contributed by atoms with van der Waals surface area (Å²) in [6.45, 7) is 0.327. The quantitative estimate of drug-likeness (QED) is 0.332. The average molecular weight is 256 g/mol. The molecule has 1 unspecified atom stereocenters. The number of rotatable bonds is 7. The second-order valence-corrected chi connectivity index (χ2v) is 4.62. The Kier molecular flexibility index (Phi) is 6.36. The molecular weight excluding hydrogens is 239 g/mol. The number of benzene rings is 1. The number of ether oxygens (including phenoxy) is 1. The van der Waals surface area contributed by atoms with Crippen LogP contribution in [-0.4, -0.2) is 18.2 Å². The summed E-state index contributed by atoms with van der Waals surface area (Å²) in [5.41, 5.74) is 0.400. The third-order valence-corrected chi connectivity index (χ3v) is 3.25. The Morgan fingerprint density at radius 1 is 1.22 bits per heavy atom. The van der Waals surface area contributed by atoms with Crippen molar-refractivity contribution in [3.05, 3.63) is 35.9 Å². The van der Waals surface area contributed by atoms with E-state index >= 15 is 0 Å². The maximum Gasteiger partial charge on any atom is 1.00 e. The SMILES string of the molecule is O=C([O-])C1(CCCCCc2ccccc2)CO1.[Na+]. The van der Waals surface area contributed by atoms with Gasteiger partial charge in [-0.05, 0) is 24.8 Å². The molecule has 18 heavy (non-hydrogen) atoms. The Hall–Kier alpha value is -0.350. The van der Waals surface area contributed by atoms with Crippen LogP contribution in [0.1, 0.15) is 31.2 Å². The van der Waals surface area contributed by atoms with Crippen molar-refractivity contribution in [2.24, 2.45) is 0 Å². The van der Waals surface area contributed by atoms with Crippen LogP contribution < -0.4 is 34.7 Å². The number of carboxylic acid groups (broad SMARTS) is 1. The van der Waals surface area contributed by atoms with Gasteiger partial charge < -0.3 is 14.6 Å². The zero-order valence-electron chi connectivity index (χ0n) is 10.9. The third-order valence-electron chi connectivity index (χ3n) is 3.25. The van der Waals surface area contributed by atoms with Crippen molar-refractivity contribution in [2.45, 2.75) is 37.7 Å². The Morgan fingerprint density at radius 3 is 2.44 bits per heavy atom. The molecule has 1 aromatic rings. The van der Waals surface area contributed by atoms with Gasteiger partial charge in [0.15, 0.2) is 0 Å². The molecule has 92 valence electrons. The maximum absolute atomic E-state index is 10.7. The second-order valence-electron chi connectivity index (χ2n) is 4.62. The van der Waals surface area contributed by atoms with Crippen LogP contribution in [0.5, 0.6) is 0 Å². The predicted molar refractivity (Wildman–Crippen MR) is 62.3 cm³/mol. The first-order valence-corrected chi connectivity index (χ1v) is 6.12. The molecule has 0 radical (unpaired) electrons. The van der Waals surface area contributed by atoms with E-state index in [4.69, 9.17) is 4.74 Å². The van der Waals surface area contributed by atoms with Crippen molar-refractivity contribution in [3.63, 3.8) is 0 Å². The van der Waals surface area contributed by atoms with Crippen LogP contribution in [0.2, 0.25) is 0 Å². The van der Waals surface area contributed by atoms with Gasteiger partial charge in [0.1, 0.15) is 5.60 Å². The topological polar surface area (TPSA) is 52.7 Å². The number of unbranched alkanes of at least 4 members (excludes halogenated alkanes) is 2. The van der Waals surface area contributed by atoms with Crippen LogP contribution in [0.3, 0.4) is 0 Å². The molecule has 0 aromatic heterocycles. The molecule has 0 saturated carbocycles. The van der Waals surface area contributed by atoms with Gasteiger partial charge in [0.2, 0.25) is 0 Å². The summed E-state index contributed by atoms with van der Waals surface area (Å²) in [6, 6.07) is 10.3. The fourth-order valence-electron chi connectivity index (χ4n) is 2.01. The molecule has 0 amide bonds. The number of hydrogen-bond donors (Lipinski definition) is 0. The summed E-state index contributed by atoms with van der Waals surface area (Å²) >= 11 is 0. The van der Waals surface area contributed by atoms with E-state index in [1.807, 2.05) is 18.2 Å². The largest absolute Gasteiger partial charge is 1.00 e. The molecule has 1 saturated heterocycles. The molecule has 1 fully saturated rings. The Morgan fingerprint density at radius 2 is 1.89 bits per heavy atom. The molecule has 0 N–H and O–H groups in total. The molecule has 4 heteroatoms. The third kappa shape index (κ3) is 4.39. The first-order valence-electron chi connectivity index (χ1n) is 6.12. The van der Waals surface area contributed by atoms with Crippen LogP contribution >= 0.6 is 0 Å². The summed E-state index contributed by atoms with van der Waals surface area (Å²) in [4.78, 5) is 10.7. The van der Waals surface area contributed by atoms with E-state index in [2.05, 4.69) is 12.1 Å². The maximum atomic E-state index is 10.7. The minimum atomic E-state index is -1.06. The van der Waals surface area contributed by atoms with Gasteiger partial charge in [0, 0.05) is 0 Å². The number of carbonyl (C=O) groups excluding carboxylic acids is 1. The minimum absolute atomic E-state index is 0. The summed E-state index contributed by atoms with van der Waals surface area (Å²) < 4.78 is 4.96. The van der Waals surface area contributed by atoms with Gasteiger partial charge in [-0.2, -0.15) is 0 Å². The van der Waals surface area contributed by atoms with Gasteiger partial charge in [-0.3, -0.25) is 0 Å². The van der Waals surface area contributed by atoms with Crippen molar-refractivity contribution in [3.8, 4) is 0 Å². The summed E-state index contributed by atoms with van der Waals surface area (Å²) in [5, 5.41) is 10.7. The zero-order chi connectivity index (χ0) is 12.1. The van der Waals surface area contributed by atoms with Crippen molar-refractivity contribution in [1.29, 1.82) is 0 Å². The normalized spacial score (nSPS) is 21.1. The Labute approximate surface area is 130 Å². The van der Waals surface area contributed by atoms with E-state index in [0.29, 0.717) is 13.0 Å². The van der Waals surface area contributed by atoms with E-state index in [1.165, 1.54) is 5.56 Å². The number of aryl methyl sites for hydroxylation is 1. The van der Waals surface area contributed by atoms with Crippen molar-refractivity contribution in [1.82, 2.24) is 0 Å². The number of carboxylic acids is 1. The number of aliphatic carboxylic acids is 1. The van der Waals surface area contributed by atoms with Crippen molar-refractivity contribution >= 4 is 5.97 Å². The molecular formula is C14H17NaO3. The van der Waals surface area contributed by atoms with Crippen molar-refractivity contribution < 1.29 is 44.2 Å². The van der Waals surface area contributed by atoms with Gasteiger partial charge >= 0.3 is 29.6 Å². The molecule has 1 aliphatic rings. The second kappa shape index (κ2) is 7.29. The first-order chi connectivity index (χ1) is 8.23. The van der Waals surface area contributed by atoms with Crippen molar-refractivity contribution in [2.75, 3.05) is 6.61 Å². The molecule has 1 aromatic carbocycles. The first kappa shape index (κ1) is 15.7. The van der Waals surface area contributed by atoms with Crippen LogP contribution in [0.25, 0.3) is 0 Å². The van der Waals surface area contributed by atoms with Crippen LogP contribution in [-0.2, 0) is 16.0 Å². The number of epoxide rings is 1. The molecule has 0 bridgehead atoms. The van der Waals surface area contributed by atoms with Crippen LogP contribution in [0.15, 0.2) is 30.3 Å². The molecule has 1 aliphatic heterocycles. The van der Waals surface area contributed by atoms with E-state index < -0.39 is 11.6 Å². The molecule has 0 spiro atoms. The zero-order valence-corrected chi connectivity index (χ0v) is 12.9. The molecule has 0 aliphatic carbocycles. The Balaban J connectivity index is 0.00000162. The van der Waals surface area contributed by atoms with Gasteiger partial charge in [-0.15, -0.1) is 0 Å². The summed E-state index contributed by atoms with van der Waals surface area (Å²) in [6.07, 6.45) is 4.66. The molecule has 1 heterocycles. The number of carbonyl (C=O) groups is 1. The smallest absolute Gasteiger partial charge is 0.547 e. The fraction of sp³-hybridized carbons (Fsp3) is 0.500. The van der Waals surface area contributed by atoms with Gasteiger partial charge in [-0.25, -0.2) is 0 Å². The van der Waals surface area contributed by atoms with Crippen LogP contribution in [0.4, 0.5) is 0 Å². The van der Waals surface area contributed by atoms with E-state index in [1.54, 1.807) is 0 Å². The Bertz CT molecular complexity index is 374. The number of hydrogen-bond acceptors (Lipinski definition) is 3. The fourth-order valence-corrected chi connectivity index (χ4v) is 2.01. The summed E-state index contributed by atoms with van der Waals surface area (Å²) in [5.74, 6) is -1.06. The van der Waals surface area contributed by atoms with E-state index in [9.17, 15) is 9.90 Å². The predicted octanol–water partition coefficient (Wildman–Crippen LogP) is -1.69.